The summed E-state index contributed by atoms with van der Waals surface area (Å²) < 4.78 is 8.37. The first-order valence-corrected chi connectivity index (χ1v) is 11.6. The van der Waals surface area contributed by atoms with Crippen molar-refractivity contribution in [2.45, 2.75) is 12.8 Å². The number of hydroxylamine groups is 2. The normalized spacial score (nSPS) is 13.5. The Morgan fingerprint density at radius 1 is 0.944 bits per heavy atom. The molecule has 0 atom stereocenters. The Bertz CT molecular complexity index is 1550. The second-order valence-corrected chi connectivity index (χ2v) is 9.16. The van der Waals surface area contributed by atoms with Crippen LogP contribution in [0.4, 0.5) is 5.69 Å². The molecule has 3 aliphatic rings. The fourth-order valence-corrected chi connectivity index (χ4v) is 4.30. The van der Waals surface area contributed by atoms with E-state index in [9.17, 15) is 14.4 Å². The van der Waals surface area contributed by atoms with Crippen LogP contribution in [0.2, 0.25) is 0 Å². The van der Waals surface area contributed by atoms with Crippen LogP contribution in [0.1, 0.15) is 23.2 Å². The average molecular weight is 485 g/mol. The molecule has 2 aromatic rings. The standard InChI is InChI=1S/C28H26N3O5/c1-29(2)19-9-11-21-23(15-19)35-24-16-20(30(3)4)10-12-22(24)27(21)17-5-7-18(8-6-17)28(34)36-31-25(32)13-14-26(31)33/h5-12,15-16H,13-14H2,1-4H3/q+1. The van der Waals surface area contributed by atoms with Crippen molar-refractivity contribution in [1.82, 2.24) is 9.64 Å². The van der Waals surface area contributed by atoms with Gasteiger partial charge in [-0.15, -0.1) is 5.06 Å². The van der Waals surface area contributed by atoms with Gasteiger partial charge in [-0.05, 0) is 35.9 Å². The van der Waals surface area contributed by atoms with E-state index >= 15 is 0 Å². The van der Waals surface area contributed by atoms with Crippen molar-refractivity contribution in [2.75, 3.05) is 33.1 Å². The summed E-state index contributed by atoms with van der Waals surface area (Å²) in [6.07, 6.45) is 0.102. The highest BCUT2D eigenvalue weighted by Gasteiger charge is 2.33. The van der Waals surface area contributed by atoms with Crippen LogP contribution in [0.5, 0.6) is 0 Å². The third-order valence-corrected chi connectivity index (χ3v) is 6.31. The number of nitrogens with zero attached hydrogens (tertiary/aromatic N) is 3. The van der Waals surface area contributed by atoms with E-state index in [-0.39, 0.29) is 18.4 Å². The smallest absolute Gasteiger partial charge is 0.363 e. The zero-order valence-electron chi connectivity index (χ0n) is 20.6. The third kappa shape index (κ3) is 4.11. The molecule has 0 unspecified atom stereocenters. The van der Waals surface area contributed by atoms with Crippen molar-refractivity contribution in [3.63, 3.8) is 0 Å². The van der Waals surface area contributed by atoms with E-state index in [2.05, 4.69) is 0 Å². The van der Waals surface area contributed by atoms with Crippen LogP contribution in [-0.4, -0.2) is 51.0 Å². The van der Waals surface area contributed by atoms with Gasteiger partial charge in [0, 0.05) is 61.3 Å². The summed E-state index contributed by atoms with van der Waals surface area (Å²) in [7, 11) is 7.92. The van der Waals surface area contributed by atoms with Gasteiger partial charge in [-0.1, -0.05) is 12.1 Å². The van der Waals surface area contributed by atoms with Crippen molar-refractivity contribution >= 4 is 34.4 Å². The molecule has 36 heavy (non-hydrogen) atoms. The first-order chi connectivity index (χ1) is 17.2. The van der Waals surface area contributed by atoms with Gasteiger partial charge < -0.3 is 14.2 Å². The molecule has 182 valence electrons. The van der Waals surface area contributed by atoms with Crippen LogP contribution < -0.4 is 14.8 Å². The zero-order chi connectivity index (χ0) is 25.6. The number of benzene rings is 3. The minimum Gasteiger partial charge on any atom is -0.456 e. The minimum absolute atomic E-state index is 0.0509. The van der Waals surface area contributed by atoms with E-state index < -0.39 is 17.8 Å². The summed E-state index contributed by atoms with van der Waals surface area (Å²) in [5.74, 6) is -1.03. The number of carbonyl (C=O) groups is 3. The topological polar surface area (TPSA) is 83.1 Å². The molecule has 0 N–H and O–H groups in total. The lowest BCUT2D eigenvalue weighted by Gasteiger charge is -2.18. The van der Waals surface area contributed by atoms with Gasteiger partial charge in [0.15, 0.2) is 0 Å². The molecule has 8 heteroatoms. The molecule has 1 saturated heterocycles. The summed E-state index contributed by atoms with van der Waals surface area (Å²) in [5, 5.41) is 2.51. The summed E-state index contributed by atoms with van der Waals surface area (Å²) in [4.78, 5) is 43.2. The first-order valence-electron chi connectivity index (χ1n) is 11.6. The predicted molar refractivity (Wildman–Crippen MR) is 136 cm³/mol. The van der Waals surface area contributed by atoms with Crippen LogP contribution >= 0.6 is 0 Å². The second kappa shape index (κ2) is 8.96. The fraction of sp³-hybridized carbons (Fsp3) is 0.214. The third-order valence-electron chi connectivity index (χ3n) is 6.31. The Hall–Kier alpha value is -4.46. The molecular weight excluding hydrogens is 458 g/mol. The first kappa shape index (κ1) is 23.3. The van der Waals surface area contributed by atoms with Crippen molar-refractivity contribution in [3.05, 3.63) is 71.6 Å². The summed E-state index contributed by atoms with van der Waals surface area (Å²) in [5.41, 5.74) is 4.81. The molecule has 1 aliphatic carbocycles. The fourth-order valence-electron chi connectivity index (χ4n) is 4.30. The average Bonchev–Trinajstić information content (AvgIpc) is 3.18. The quantitative estimate of drug-likeness (QED) is 0.250. The maximum atomic E-state index is 12.6. The van der Waals surface area contributed by atoms with E-state index in [1.54, 1.807) is 12.1 Å². The number of imide groups is 1. The lowest BCUT2D eigenvalue weighted by molar-refractivity contribution is -0.172. The van der Waals surface area contributed by atoms with Gasteiger partial charge in [0.2, 0.25) is 5.36 Å². The van der Waals surface area contributed by atoms with Crippen LogP contribution in [0.3, 0.4) is 0 Å². The molecule has 0 aromatic heterocycles. The van der Waals surface area contributed by atoms with E-state index in [1.807, 2.05) is 86.2 Å². The van der Waals surface area contributed by atoms with Crippen molar-refractivity contribution < 1.29 is 23.6 Å². The molecule has 0 radical (unpaired) electrons. The molecule has 0 bridgehead atoms. The second-order valence-electron chi connectivity index (χ2n) is 9.16. The molecule has 2 aliphatic heterocycles. The molecule has 0 spiro atoms. The van der Waals surface area contributed by atoms with Gasteiger partial charge in [-0.25, -0.2) is 9.37 Å². The Kier molecular flexibility index (Phi) is 5.80. The highest BCUT2D eigenvalue weighted by atomic mass is 16.7. The number of rotatable bonds is 4. The van der Waals surface area contributed by atoms with Crippen molar-refractivity contribution in [3.8, 4) is 22.5 Å². The molecule has 1 fully saturated rings. The predicted octanol–water partition coefficient (Wildman–Crippen LogP) is 3.52. The van der Waals surface area contributed by atoms with Gasteiger partial charge >= 0.3 is 5.97 Å². The summed E-state index contributed by atoms with van der Waals surface area (Å²) in [6, 6.07) is 19.1. The summed E-state index contributed by atoms with van der Waals surface area (Å²) in [6.45, 7) is 0. The minimum atomic E-state index is -0.755. The molecule has 2 aromatic carbocycles. The zero-order valence-corrected chi connectivity index (χ0v) is 20.6. The molecule has 2 heterocycles. The SMILES string of the molecule is CN(C)c1ccc2c(-c3ccc(C(=O)ON4C(=O)CCC4=O)cc3)c3ccc(=[N+](C)C)cc-3oc2c1. The van der Waals surface area contributed by atoms with E-state index in [0.717, 1.165) is 44.5 Å². The number of carbonyl (C=O) groups excluding carboxylic acids is 3. The molecule has 8 nitrogen and oxygen atoms in total. The number of amides is 2. The lowest BCUT2D eigenvalue weighted by Crippen LogP contribution is -2.32. The number of anilines is 1. The maximum Gasteiger partial charge on any atom is 0.363 e. The monoisotopic (exact) mass is 484 g/mol. The lowest BCUT2D eigenvalue weighted by atomic mass is 9.93. The molecular formula is C28H26N3O5+. The summed E-state index contributed by atoms with van der Waals surface area (Å²) >= 11 is 0. The van der Waals surface area contributed by atoms with Crippen LogP contribution in [0.15, 0.2) is 65.1 Å². The van der Waals surface area contributed by atoms with Crippen molar-refractivity contribution in [1.29, 1.82) is 0 Å². The van der Waals surface area contributed by atoms with E-state index in [4.69, 9.17) is 9.25 Å². The molecule has 2 amide bonds. The Morgan fingerprint density at radius 3 is 2.28 bits per heavy atom. The highest BCUT2D eigenvalue weighted by molar-refractivity contribution is 6.04. The number of hydrogen-bond donors (Lipinski definition) is 0. The molecule has 5 rings (SSSR count). The van der Waals surface area contributed by atoms with Gasteiger partial charge in [0.1, 0.15) is 25.4 Å². The van der Waals surface area contributed by atoms with Gasteiger partial charge in [0.05, 0.1) is 11.6 Å². The highest BCUT2D eigenvalue weighted by Crippen LogP contribution is 2.40. The van der Waals surface area contributed by atoms with E-state index in [1.165, 1.54) is 0 Å². The van der Waals surface area contributed by atoms with Gasteiger partial charge in [-0.3, -0.25) is 9.59 Å². The maximum absolute atomic E-state index is 12.6. The number of hydrogen-bond acceptors (Lipinski definition) is 6. The Labute approximate surface area is 207 Å². The Morgan fingerprint density at radius 2 is 1.64 bits per heavy atom. The molecule has 0 saturated carbocycles. The van der Waals surface area contributed by atoms with Crippen LogP contribution in [0.25, 0.3) is 33.4 Å². The Balaban J connectivity index is 1.61. The van der Waals surface area contributed by atoms with Gasteiger partial charge in [0.25, 0.3) is 11.8 Å². The van der Waals surface area contributed by atoms with Crippen molar-refractivity contribution in [2.24, 2.45) is 0 Å². The van der Waals surface area contributed by atoms with Crippen LogP contribution in [-0.2, 0) is 14.4 Å². The van der Waals surface area contributed by atoms with E-state index in [0.29, 0.717) is 5.06 Å². The number of fused-ring (bicyclic) bond motifs is 2. The largest absolute Gasteiger partial charge is 0.456 e. The van der Waals surface area contributed by atoms with Gasteiger partial charge in [-0.2, -0.15) is 0 Å². The van der Waals surface area contributed by atoms with Crippen LogP contribution in [0, 0.1) is 0 Å².